The molecule has 135 heavy (non-hydrogen) atoms. The van der Waals surface area contributed by atoms with Crippen molar-refractivity contribution in [2.45, 2.75) is 194 Å². The van der Waals surface area contributed by atoms with Crippen molar-refractivity contribution in [1.29, 1.82) is 0 Å². The van der Waals surface area contributed by atoms with Gasteiger partial charge in [-0.05, 0) is 274 Å². The van der Waals surface area contributed by atoms with Crippen LogP contribution >= 0.6 is 45.8 Å². The van der Waals surface area contributed by atoms with Gasteiger partial charge in [0.05, 0.1) is 52.7 Å². The molecule has 5 aliphatic carbocycles. The molecule has 0 unspecified atom stereocenters. The molecule has 5 aromatic heterocycles. The molecule has 0 amide bonds. The first-order valence-electron chi connectivity index (χ1n) is 43.8. The van der Waals surface area contributed by atoms with Crippen molar-refractivity contribution in [3.63, 3.8) is 0 Å². The maximum absolute atomic E-state index is 14.3. The van der Waals surface area contributed by atoms with Gasteiger partial charge in [-0.1, -0.05) is 77.8 Å². The highest BCUT2D eigenvalue weighted by Gasteiger charge is 2.57. The SMILES string of the molecule is Cc1ccc(Cc2c(NS(=O)(=O)C3CC3)cn(C)c(=O)c2C)c(F)c1.Cc1ccc(Cc2cc(=O)n(C)cc2NS(=O)(=O)C2(CCCO)CC2)c(Cl)c1.Cc1ccc(Cc2cc(=O)n(C)cc2NS(=O)(=O)C2(CCCO)CC2)c(F)c1.Cc1ccc(Cc2cc(=O)n(C)cc2NS(=O)(=O)C2(CCO)CC2)c(Cl)c1.Cn1cc(NS(=O)(=O)C2(CCO)CC2)c(Cc2ccc(I)cc2F)cc1=O. The van der Waals surface area contributed by atoms with Gasteiger partial charge in [-0.15, -0.1) is 0 Å². The molecule has 10 aromatic rings. The summed E-state index contributed by atoms with van der Waals surface area (Å²) in [5.74, 6) is -1.16. The van der Waals surface area contributed by atoms with Gasteiger partial charge in [-0.3, -0.25) is 47.6 Å². The number of aliphatic hydroxyl groups excluding tert-OH is 4. The average molecular weight is 2120 g/mol. The van der Waals surface area contributed by atoms with Crippen LogP contribution in [0.25, 0.3) is 0 Å². The lowest BCUT2D eigenvalue weighted by molar-refractivity contribution is 0.282. The zero-order chi connectivity index (χ0) is 99.0. The van der Waals surface area contributed by atoms with Crippen LogP contribution in [0.4, 0.5) is 41.6 Å². The highest BCUT2D eigenvalue weighted by molar-refractivity contribution is 14.1. The molecule has 15 rings (SSSR count). The summed E-state index contributed by atoms with van der Waals surface area (Å²) < 4.78 is 187. The highest BCUT2D eigenvalue weighted by Crippen LogP contribution is 2.51. The molecule has 40 heteroatoms. The van der Waals surface area contributed by atoms with Gasteiger partial charge in [0.15, 0.2) is 0 Å². The minimum absolute atomic E-state index is 0.0335. The van der Waals surface area contributed by atoms with Crippen molar-refractivity contribution in [3.8, 4) is 0 Å². The summed E-state index contributed by atoms with van der Waals surface area (Å²) in [6.45, 7) is 8.60. The van der Waals surface area contributed by atoms with Crippen LogP contribution in [0, 0.1) is 55.6 Å². The fourth-order valence-corrected chi connectivity index (χ4v) is 25.1. The number of nitrogens with zero attached hydrogens (tertiary/aromatic N) is 5. The highest BCUT2D eigenvalue weighted by atomic mass is 127. The van der Waals surface area contributed by atoms with E-state index in [4.69, 9.17) is 33.4 Å². The Morgan fingerprint density at radius 2 is 0.637 bits per heavy atom. The first-order chi connectivity index (χ1) is 63.4. The summed E-state index contributed by atoms with van der Waals surface area (Å²) in [6.07, 6.45) is 15.9. The maximum Gasteiger partial charge on any atom is 0.253 e. The van der Waals surface area contributed by atoms with Crippen molar-refractivity contribution >= 4 is 124 Å². The van der Waals surface area contributed by atoms with Gasteiger partial charge >= 0.3 is 0 Å². The molecular weight excluding hydrogens is 2000 g/mol. The Bertz CT molecular complexity index is 6750. The van der Waals surface area contributed by atoms with E-state index in [-0.39, 0.29) is 109 Å². The van der Waals surface area contributed by atoms with Gasteiger partial charge in [-0.2, -0.15) is 0 Å². The Kier molecular flexibility index (Phi) is 34.0. The third-order valence-corrected chi connectivity index (χ3v) is 37.4. The van der Waals surface area contributed by atoms with Crippen LogP contribution in [0.1, 0.15) is 186 Å². The van der Waals surface area contributed by atoms with Crippen molar-refractivity contribution in [2.75, 3.05) is 50.0 Å². The number of aliphatic hydroxyl groups is 4. The van der Waals surface area contributed by atoms with Crippen molar-refractivity contribution in [1.82, 2.24) is 22.8 Å². The molecule has 5 aromatic carbocycles. The van der Waals surface area contributed by atoms with Gasteiger partial charge in [0.2, 0.25) is 50.1 Å². The molecule has 29 nitrogen and oxygen atoms in total. The van der Waals surface area contributed by atoms with E-state index in [1.165, 1.54) is 110 Å². The number of halogens is 6. The van der Waals surface area contributed by atoms with Crippen LogP contribution in [0.2, 0.25) is 10.0 Å². The molecular formula is C95H114Cl2F3IN10O19S5. The lowest BCUT2D eigenvalue weighted by Crippen LogP contribution is -2.32. The van der Waals surface area contributed by atoms with Crippen LogP contribution in [0.5, 0.6) is 0 Å². The van der Waals surface area contributed by atoms with E-state index in [1.54, 1.807) is 78.3 Å². The van der Waals surface area contributed by atoms with Gasteiger partial charge in [0.25, 0.3) is 27.8 Å². The molecule has 0 spiro atoms. The summed E-state index contributed by atoms with van der Waals surface area (Å²) >= 11 is 14.6. The summed E-state index contributed by atoms with van der Waals surface area (Å²) in [6, 6.07) is 31.3. The smallest absolute Gasteiger partial charge is 0.253 e. The van der Waals surface area contributed by atoms with Gasteiger partial charge in [0.1, 0.15) is 17.5 Å². The third-order valence-electron chi connectivity index (χ3n) is 25.2. The van der Waals surface area contributed by atoms with Crippen molar-refractivity contribution in [2.24, 2.45) is 35.2 Å². The Labute approximate surface area is 808 Å². The number of aryl methyl sites for hydroxylation is 9. The van der Waals surface area contributed by atoms with E-state index in [1.807, 2.05) is 72.8 Å². The monoisotopic (exact) mass is 2110 g/mol. The number of pyridine rings is 5. The van der Waals surface area contributed by atoms with Gasteiger partial charge in [-0.25, -0.2) is 55.3 Å². The van der Waals surface area contributed by atoms with E-state index in [9.17, 15) is 89.4 Å². The molecule has 5 fully saturated rings. The molecule has 5 saturated carbocycles. The fourth-order valence-electron chi connectivity index (χ4n) is 15.7. The minimum atomic E-state index is -3.75. The topological polar surface area (TPSA) is 422 Å². The maximum atomic E-state index is 14.3. The first kappa shape index (κ1) is 106. The third kappa shape index (κ3) is 26.1. The van der Waals surface area contributed by atoms with E-state index in [2.05, 4.69) is 23.6 Å². The number of nitrogens with one attached hydrogen (secondary N) is 5. The Balaban J connectivity index is 0.000000162. The normalized spacial score (nSPS) is 15.3. The Morgan fingerprint density at radius 1 is 0.356 bits per heavy atom. The predicted octanol–water partition coefficient (Wildman–Crippen LogP) is 13.1. The Morgan fingerprint density at radius 3 is 0.926 bits per heavy atom. The molecule has 0 bridgehead atoms. The van der Waals surface area contributed by atoms with Crippen LogP contribution < -0.4 is 51.4 Å². The second-order valence-corrected chi connectivity index (χ2v) is 48.1. The summed E-state index contributed by atoms with van der Waals surface area (Å²) in [5, 5.41) is 37.3. The molecule has 5 heterocycles. The molecule has 0 aliphatic heterocycles. The van der Waals surface area contributed by atoms with E-state index in [0.29, 0.717) is 180 Å². The summed E-state index contributed by atoms with van der Waals surface area (Å²) in [4.78, 5) is 60.7. The molecule has 5 aliphatic rings. The van der Waals surface area contributed by atoms with E-state index >= 15 is 0 Å². The van der Waals surface area contributed by atoms with Crippen LogP contribution in [0.15, 0.2) is 170 Å². The molecule has 0 radical (unpaired) electrons. The lowest BCUT2D eigenvalue weighted by atomic mass is 9.99. The molecule has 9 N–H and O–H groups in total. The van der Waals surface area contributed by atoms with Crippen LogP contribution in [-0.2, 0) is 117 Å². The predicted molar refractivity (Wildman–Crippen MR) is 531 cm³/mol. The van der Waals surface area contributed by atoms with E-state index in [0.717, 1.165) is 37.0 Å². The molecule has 0 saturated heterocycles. The van der Waals surface area contributed by atoms with Crippen molar-refractivity contribution < 1.29 is 75.7 Å². The number of anilines is 5. The zero-order valence-electron chi connectivity index (χ0n) is 76.6. The Hall–Kier alpha value is -9.46. The van der Waals surface area contributed by atoms with Crippen LogP contribution in [-0.4, -0.2) is 136 Å². The molecule has 730 valence electrons. The average Bonchev–Trinajstić information content (AvgIpc) is 1.60. The number of aromatic nitrogens is 5. The first-order valence-corrected chi connectivity index (χ1v) is 53.2. The minimum Gasteiger partial charge on any atom is -0.396 e. The number of sulfonamides is 5. The van der Waals surface area contributed by atoms with Gasteiger partial charge in [0, 0.05) is 168 Å². The van der Waals surface area contributed by atoms with Gasteiger partial charge < -0.3 is 43.3 Å². The second-order valence-electron chi connectivity index (χ2n) is 35.8. The number of hydrogen-bond acceptors (Lipinski definition) is 19. The second kappa shape index (κ2) is 43.3. The standard InChI is InChI=1S/C20H25ClN2O4S.C20H25FN2O4S.C19H23ClN2O4S.C18H20FIN2O4S.C18H21FN2O3S/c2*1-14-4-5-15(17(21)10-14)11-16-12-19(25)23(2)13-18(16)22-28(26,27)20(7-8-20)6-3-9-24;1-13-3-4-14(16(20)9-13)10-15-11-18(24)22(2)12-17(15)21-27(25,26)19(5-6-19)7-8-23;1-22-11-16(21-27(25,26)18(4-5-18)6-7-23)13(9-17(22)24)8-12-2-3-14(20)10-15(12)19;1-11-4-5-13(16(19)8-11)9-15-12(2)18(22)21(3)10-17(15)20-25(23,24)14-6-7-14/h2*4-5,10,12-13,22,24H,3,6-9,11H2,1-2H3;3-4,9,11-12,21,23H,5-8,10H2,1-2H3;2-3,9-11,21,23H,4-8H2,1H3;4-5,8,10,14,20H,6-7,9H2,1-3H3. The quantitative estimate of drug-likeness (QED) is 0.0167. The van der Waals surface area contributed by atoms with Crippen molar-refractivity contribution in [3.05, 3.63) is 313 Å². The number of benzene rings is 5. The largest absolute Gasteiger partial charge is 0.396 e. The fraction of sp³-hybridized carbons (Fsp3) is 0.421. The lowest BCUT2D eigenvalue weighted by Gasteiger charge is -2.20. The van der Waals surface area contributed by atoms with E-state index < -0.39 is 80.7 Å². The zero-order valence-corrected chi connectivity index (χ0v) is 84.3. The number of hydrogen-bond donors (Lipinski definition) is 9. The van der Waals surface area contributed by atoms with Crippen LogP contribution in [0.3, 0.4) is 0 Å². The summed E-state index contributed by atoms with van der Waals surface area (Å²) in [5.41, 5.74) is 9.67. The number of rotatable bonds is 35. The summed E-state index contributed by atoms with van der Waals surface area (Å²) in [7, 11) is -10.5. The molecule has 0 atom stereocenters.